The van der Waals surface area contributed by atoms with Crippen LogP contribution in [0.5, 0.6) is 0 Å². The van der Waals surface area contributed by atoms with Crippen LogP contribution in [0.2, 0.25) is 0 Å². The fourth-order valence-electron chi connectivity index (χ4n) is 3.74. The van der Waals surface area contributed by atoms with E-state index < -0.39 is 18.1 Å². The Morgan fingerprint density at radius 1 is 1.06 bits per heavy atom. The van der Waals surface area contributed by atoms with Crippen LogP contribution in [0.25, 0.3) is 0 Å². The Balaban J connectivity index is 1.50. The zero-order chi connectivity index (χ0) is 23.1. The van der Waals surface area contributed by atoms with Crippen molar-refractivity contribution in [1.82, 2.24) is 4.90 Å². The molecule has 0 bridgehead atoms. The Morgan fingerprint density at radius 2 is 1.78 bits per heavy atom. The van der Waals surface area contributed by atoms with Crippen molar-refractivity contribution in [1.29, 1.82) is 0 Å². The van der Waals surface area contributed by atoms with Gasteiger partial charge in [-0.05, 0) is 30.9 Å². The van der Waals surface area contributed by atoms with Crippen molar-refractivity contribution in [3.63, 3.8) is 0 Å². The summed E-state index contributed by atoms with van der Waals surface area (Å²) in [5.74, 6) is -1.09. The molecule has 3 rings (SSSR count). The van der Waals surface area contributed by atoms with Gasteiger partial charge in [0.25, 0.3) is 0 Å². The van der Waals surface area contributed by atoms with Crippen molar-refractivity contribution < 1.29 is 24.3 Å². The summed E-state index contributed by atoms with van der Waals surface area (Å²) in [7, 11) is 0. The quantitative estimate of drug-likeness (QED) is 0.559. The van der Waals surface area contributed by atoms with Crippen LogP contribution in [0.15, 0.2) is 54.6 Å². The minimum absolute atomic E-state index is 0.0912. The van der Waals surface area contributed by atoms with Crippen molar-refractivity contribution in [2.24, 2.45) is 5.73 Å². The van der Waals surface area contributed by atoms with E-state index in [-0.39, 0.29) is 35.4 Å². The Bertz CT molecular complexity index is 995. The van der Waals surface area contributed by atoms with Gasteiger partial charge in [0.2, 0.25) is 11.0 Å². The molecule has 1 aliphatic rings. The van der Waals surface area contributed by atoms with E-state index in [0.29, 0.717) is 30.5 Å². The first-order valence-corrected chi connectivity index (χ1v) is 11.5. The topological polar surface area (TPSA) is 118 Å². The molecular formula is C24H26N2O5S. The van der Waals surface area contributed by atoms with Gasteiger partial charge in [0.05, 0.1) is 6.04 Å². The Hall–Kier alpha value is -2.97. The molecule has 7 nitrogen and oxygen atoms in total. The smallest absolute Gasteiger partial charge is 0.326 e. The van der Waals surface area contributed by atoms with Gasteiger partial charge in [0, 0.05) is 29.8 Å². The highest BCUT2D eigenvalue weighted by Gasteiger charge is 2.33. The maximum absolute atomic E-state index is 12.6. The second-order valence-electron chi connectivity index (χ2n) is 7.71. The van der Waals surface area contributed by atoms with E-state index in [1.807, 2.05) is 12.1 Å². The van der Waals surface area contributed by atoms with E-state index in [9.17, 15) is 24.3 Å². The lowest BCUT2D eigenvalue weighted by Gasteiger charge is -2.21. The van der Waals surface area contributed by atoms with Gasteiger partial charge >= 0.3 is 5.97 Å². The predicted molar refractivity (Wildman–Crippen MR) is 122 cm³/mol. The second kappa shape index (κ2) is 11.1. The number of carbonyl (C=O) groups is 4. The van der Waals surface area contributed by atoms with E-state index in [2.05, 4.69) is 0 Å². The van der Waals surface area contributed by atoms with Gasteiger partial charge in [0.15, 0.2) is 5.78 Å². The summed E-state index contributed by atoms with van der Waals surface area (Å²) in [5.41, 5.74) is 7.97. The Kier molecular flexibility index (Phi) is 8.19. The summed E-state index contributed by atoms with van der Waals surface area (Å²) >= 11 is 0.982. The van der Waals surface area contributed by atoms with Crippen molar-refractivity contribution in [2.75, 3.05) is 12.3 Å². The van der Waals surface area contributed by atoms with Crippen LogP contribution < -0.4 is 5.73 Å². The minimum atomic E-state index is -0.991. The number of hydrogen-bond donors (Lipinski definition) is 2. The first-order chi connectivity index (χ1) is 15.4. The normalized spacial score (nSPS) is 16.5. The molecule has 1 aliphatic heterocycles. The molecule has 32 heavy (non-hydrogen) atoms. The standard InChI is InChI=1S/C24H26N2O5S/c25-19(24(31)32-13-11-21(27)26-12-5-10-20(26)23(29)30)15-16-6-4-9-18(14-16)22(28)17-7-2-1-3-8-17/h1-4,6-9,14,19-20H,5,10-13,15,25H2,(H,29,30)/t19-,20-/m0/s1. The molecule has 3 N–H and O–H groups in total. The number of benzene rings is 2. The van der Waals surface area contributed by atoms with Gasteiger partial charge in [-0.1, -0.05) is 60.3 Å². The average Bonchev–Trinajstić information content (AvgIpc) is 3.30. The van der Waals surface area contributed by atoms with Gasteiger partial charge in [-0.25, -0.2) is 4.79 Å². The third-order valence-electron chi connectivity index (χ3n) is 5.40. The van der Waals surface area contributed by atoms with Gasteiger partial charge in [-0.3, -0.25) is 14.4 Å². The second-order valence-corrected chi connectivity index (χ2v) is 8.81. The van der Waals surface area contributed by atoms with E-state index in [4.69, 9.17) is 5.73 Å². The lowest BCUT2D eigenvalue weighted by molar-refractivity contribution is -0.148. The fraction of sp³-hybridized carbons (Fsp3) is 0.333. The number of carbonyl (C=O) groups excluding carboxylic acids is 3. The molecule has 1 saturated heterocycles. The SMILES string of the molecule is N[C@@H](Cc1cccc(C(=O)c2ccccc2)c1)C(=O)SCCC(=O)N1CCC[C@H]1C(=O)O. The number of carboxylic acids is 1. The summed E-state index contributed by atoms with van der Waals surface area (Å²) in [4.78, 5) is 49.9. The molecule has 1 amide bonds. The summed E-state index contributed by atoms with van der Waals surface area (Å²) in [6.45, 7) is 0.436. The van der Waals surface area contributed by atoms with Crippen LogP contribution in [-0.2, 0) is 20.8 Å². The van der Waals surface area contributed by atoms with Gasteiger partial charge in [-0.15, -0.1) is 0 Å². The average molecular weight is 455 g/mol. The highest BCUT2D eigenvalue weighted by molar-refractivity contribution is 8.13. The number of nitrogens with two attached hydrogens (primary N) is 1. The lowest BCUT2D eigenvalue weighted by Crippen LogP contribution is -2.40. The molecule has 2 atom stereocenters. The molecule has 168 valence electrons. The summed E-state index contributed by atoms with van der Waals surface area (Å²) in [5, 5.41) is 8.94. The number of carboxylic acid groups (broad SMARTS) is 1. The monoisotopic (exact) mass is 454 g/mol. The first-order valence-electron chi connectivity index (χ1n) is 10.5. The number of likely N-dealkylation sites (tertiary alicyclic amines) is 1. The van der Waals surface area contributed by atoms with Crippen LogP contribution >= 0.6 is 11.8 Å². The number of nitrogens with zero attached hydrogens (tertiary/aromatic N) is 1. The molecule has 0 aliphatic carbocycles. The molecule has 0 radical (unpaired) electrons. The molecule has 2 aromatic carbocycles. The first kappa shape index (κ1) is 23.7. The number of rotatable bonds is 9. The molecule has 0 unspecified atom stereocenters. The van der Waals surface area contributed by atoms with Crippen molar-refractivity contribution in [2.45, 2.75) is 37.8 Å². The predicted octanol–water partition coefficient (Wildman–Crippen LogP) is 2.51. The van der Waals surface area contributed by atoms with Gasteiger partial charge in [-0.2, -0.15) is 0 Å². The van der Waals surface area contributed by atoms with Crippen molar-refractivity contribution >= 4 is 34.5 Å². The van der Waals surface area contributed by atoms with Gasteiger partial charge in [0.1, 0.15) is 6.04 Å². The van der Waals surface area contributed by atoms with Crippen LogP contribution in [0.1, 0.15) is 40.7 Å². The zero-order valence-electron chi connectivity index (χ0n) is 17.6. The summed E-state index contributed by atoms with van der Waals surface area (Å²) in [6.07, 6.45) is 1.51. The van der Waals surface area contributed by atoms with Crippen LogP contribution in [0.3, 0.4) is 0 Å². The molecule has 0 saturated carbocycles. The third-order valence-corrected chi connectivity index (χ3v) is 6.40. The number of ketones is 1. The maximum Gasteiger partial charge on any atom is 0.326 e. The number of hydrogen-bond acceptors (Lipinski definition) is 6. The molecular weight excluding hydrogens is 428 g/mol. The maximum atomic E-state index is 12.6. The summed E-state index contributed by atoms with van der Waals surface area (Å²) < 4.78 is 0. The van der Waals surface area contributed by atoms with Crippen LogP contribution in [0.4, 0.5) is 0 Å². The largest absolute Gasteiger partial charge is 0.480 e. The van der Waals surface area contributed by atoms with Crippen LogP contribution in [0, 0.1) is 0 Å². The van der Waals surface area contributed by atoms with E-state index in [0.717, 1.165) is 17.3 Å². The van der Waals surface area contributed by atoms with Crippen molar-refractivity contribution in [3.8, 4) is 0 Å². The minimum Gasteiger partial charge on any atom is -0.480 e. The molecule has 0 spiro atoms. The number of thioether (sulfide) groups is 1. The zero-order valence-corrected chi connectivity index (χ0v) is 18.4. The van der Waals surface area contributed by atoms with Crippen LogP contribution in [-0.4, -0.2) is 57.2 Å². The lowest BCUT2D eigenvalue weighted by atomic mass is 9.99. The van der Waals surface area contributed by atoms with E-state index >= 15 is 0 Å². The molecule has 1 fully saturated rings. The number of aliphatic carboxylic acids is 1. The molecule has 2 aromatic rings. The van der Waals surface area contributed by atoms with E-state index in [1.54, 1.807) is 42.5 Å². The molecule has 0 aromatic heterocycles. The fourth-order valence-corrected chi connectivity index (χ4v) is 4.52. The Morgan fingerprint density at radius 3 is 2.50 bits per heavy atom. The molecule has 8 heteroatoms. The highest BCUT2D eigenvalue weighted by atomic mass is 32.2. The summed E-state index contributed by atoms with van der Waals surface area (Å²) in [6, 6.07) is 14.5. The van der Waals surface area contributed by atoms with Gasteiger partial charge < -0.3 is 15.7 Å². The number of amides is 1. The van der Waals surface area contributed by atoms with E-state index in [1.165, 1.54) is 4.90 Å². The molecule has 1 heterocycles. The van der Waals surface area contributed by atoms with Crippen molar-refractivity contribution in [3.05, 3.63) is 71.3 Å². The Labute approximate surface area is 191 Å². The third kappa shape index (κ3) is 6.05. The highest BCUT2D eigenvalue weighted by Crippen LogP contribution is 2.20.